The molecule has 1 amide bonds. The quantitative estimate of drug-likeness (QED) is 0.918. The van der Waals surface area contributed by atoms with Crippen molar-refractivity contribution in [1.29, 1.82) is 0 Å². The highest BCUT2D eigenvalue weighted by Crippen LogP contribution is 2.26. The van der Waals surface area contributed by atoms with Crippen molar-refractivity contribution in [2.75, 3.05) is 6.54 Å². The van der Waals surface area contributed by atoms with Gasteiger partial charge in [0.25, 0.3) is 5.91 Å². The summed E-state index contributed by atoms with van der Waals surface area (Å²) in [4.78, 5) is 25.4. The summed E-state index contributed by atoms with van der Waals surface area (Å²) in [6.07, 6.45) is 2.94. The minimum atomic E-state index is -0.761. The fraction of sp³-hybridized carbons (Fsp3) is 0.571. The minimum Gasteiger partial charge on any atom is -0.481 e. The molecule has 110 valence electrons. The van der Waals surface area contributed by atoms with Gasteiger partial charge < -0.3 is 14.6 Å². The maximum atomic E-state index is 12.6. The van der Waals surface area contributed by atoms with Gasteiger partial charge in [0.2, 0.25) is 0 Å². The number of hydrogen-bond donors (Lipinski definition) is 1. The smallest absolute Gasteiger partial charge is 0.306 e. The molecule has 1 aliphatic heterocycles. The Bertz CT molecular complexity index is 526. The molecule has 5 nitrogen and oxygen atoms in total. The van der Waals surface area contributed by atoms with Crippen LogP contribution < -0.4 is 0 Å². The van der Waals surface area contributed by atoms with Crippen molar-refractivity contribution in [3.63, 3.8) is 0 Å². The molecule has 2 rings (SSSR count). The molecular formula is C14H19BrN2O3. The number of nitrogens with zero attached hydrogens (tertiary/aromatic N) is 2. The number of hydrogen-bond acceptors (Lipinski definition) is 2. The van der Waals surface area contributed by atoms with Crippen molar-refractivity contribution in [2.45, 2.75) is 39.3 Å². The third-order valence-electron chi connectivity index (χ3n) is 3.91. The average molecular weight is 343 g/mol. The summed E-state index contributed by atoms with van der Waals surface area (Å²) in [7, 11) is 0. The van der Waals surface area contributed by atoms with Crippen molar-refractivity contribution in [3.8, 4) is 0 Å². The van der Waals surface area contributed by atoms with Gasteiger partial charge >= 0.3 is 5.97 Å². The third-order valence-corrected chi connectivity index (χ3v) is 4.34. The number of aliphatic carboxylic acids is 1. The van der Waals surface area contributed by atoms with E-state index in [0.717, 1.165) is 11.0 Å². The first kappa shape index (κ1) is 15.1. The van der Waals surface area contributed by atoms with Crippen LogP contribution in [0, 0.1) is 5.92 Å². The molecule has 1 aromatic heterocycles. The van der Waals surface area contributed by atoms with Crippen LogP contribution in [0.3, 0.4) is 0 Å². The van der Waals surface area contributed by atoms with E-state index < -0.39 is 5.97 Å². The Morgan fingerprint density at radius 2 is 2.20 bits per heavy atom. The molecule has 20 heavy (non-hydrogen) atoms. The highest BCUT2D eigenvalue weighted by Gasteiger charge is 2.33. The highest BCUT2D eigenvalue weighted by atomic mass is 79.9. The largest absolute Gasteiger partial charge is 0.481 e. The van der Waals surface area contributed by atoms with Crippen molar-refractivity contribution in [1.82, 2.24) is 9.47 Å². The molecule has 1 aromatic rings. The molecule has 2 heterocycles. The van der Waals surface area contributed by atoms with E-state index in [4.69, 9.17) is 5.11 Å². The molecular weight excluding hydrogens is 324 g/mol. The molecule has 0 spiro atoms. The van der Waals surface area contributed by atoms with Crippen molar-refractivity contribution < 1.29 is 14.7 Å². The van der Waals surface area contributed by atoms with Gasteiger partial charge in [-0.3, -0.25) is 9.59 Å². The lowest BCUT2D eigenvalue weighted by Crippen LogP contribution is -2.46. The Hall–Kier alpha value is -1.30. The van der Waals surface area contributed by atoms with Gasteiger partial charge in [-0.2, -0.15) is 0 Å². The number of aryl methyl sites for hydroxylation is 1. The predicted octanol–water partition coefficient (Wildman–Crippen LogP) is 2.60. The molecule has 1 saturated heterocycles. The number of carboxylic acids is 1. The Morgan fingerprint density at radius 3 is 2.75 bits per heavy atom. The number of carbonyl (C=O) groups is 2. The molecule has 0 bridgehead atoms. The molecule has 0 aliphatic carbocycles. The lowest BCUT2D eigenvalue weighted by molar-refractivity contribution is -0.143. The number of aromatic nitrogens is 1. The molecule has 1 aliphatic rings. The number of piperidine rings is 1. The summed E-state index contributed by atoms with van der Waals surface area (Å²) < 4.78 is 2.79. The van der Waals surface area contributed by atoms with Crippen LogP contribution in [0.25, 0.3) is 0 Å². The number of amides is 1. The Balaban J connectivity index is 2.15. The Kier molecular flexibility index (Phi) is 4.52. The topological polar surface area (TPSA) is 62.5 Å². The summed E-state index contributed by atoms with van der Waals surface area (Å²) >= 11 is 3.39. The number of carbonyl (C=O) groups excluding carboxylic acids is 1. The number of halogens is 1. The van der Waals surface area contributed by atoms with Crippen LogP contribution >= 0.6 is 15.9 Å². The number of carboxylic acid groups (broad SMARTS) is 1. The van der Waals surface area contributed by atoms with Crippen molar-refractivity contribution in [3.05, 3.63) is 22.4 Å². The zero-order chi connectivity index (χ0) is 14.9. The Labute approximate surface area is 126 Å². The summed E-state index contributed by atoms with van der Waals surface area (Å²) in [5, 5.41) is 9.07. The zero-order valence-corrected chi connectivity index (χ0v) is 13.3. The summed E-state index contributed by atoms with van der Waals surface area (Å²) in [5.41, 5.74) is 0.653. The van der Waals surface area contributed by atoms with E-state index in [1.165, 1.54) is 0 Å². The molecule has 2 unspecified atom stereocenters. The minimum absolute atomic E-state index is 0.0195. The summed E-state index contributed by atoms with van der Waals surface area (Å²) in [6.45, 7) is 5.14. The van der Waals surface area contributed by atoms with E-state index in [9.17, 15) is 9.59 Å². The molecule has 0 saturated carbocycles. The van der Waals surface area contributed by atoms with E-state index >= 15 is 0 Å². The van der Waals surface area contributed by atoms with Crippen LogP contribution in [0.2, 0.25) is 0 Å². The lowest BCUT2D eigenvalue weighted by Gasteiger charge is -2.36. The fourth-order valence-electron chi connectivity index (χ4n) is 2.76. The van der Waals surface area contributed by atoms with Crippen molar-refractivity contribution >= 4 is 27.8 Å². The van der Waals surface area contributed by atoms with Crippen LogP contribution in [0.1, 0.15) is 37.2 Å². The predicted molar refractivity (Wildman–Crippen MR) is 78.7 cm³/mol. The van der Waals surface area contributed by atoms with E-state index in [0.29, 0.717) is 25.1 Å². The van der Waals surface area contributed by atoms with Gasteiger partial charge in [0.15, 0.2) is 0 Å². The van der Waals surface area contributed by atoms with E-state index in [-0.39, 0.29) is 17.9 Å². The second-order valence-corrected chi connectivity index (χ2v) is 6.15. The summed E-state index contributed by atoms with van der Waals surface area (Å²) in [6, 6.07) is 1.78. The van der Waals surface area contributed by atoms with E-state index in [1.807, 2.05) is 30.7 Å². The third kappa shape index (κ3) is 2.90. The van der Waals surface area contributed by atoms with Gasteiger partial charge in [0, 0.05) is 29.8 Å². The summed E-state index contributed by atoms with van der Waals surface area (Å²) in [5.74, 6) is -1.11. The molecule has 0 radical (unpaired) electrons. The first-order chi connectivity index (χ1) is 9.43. The van der Waals surface area contributed by atoms with Crippen LogP contribution in [0.4, 0.5) is 0 Å². The average Bonchev–Trinajstić information content (AvgIpc) is 2.79. The maximum absolute atomic E-state index is 12.6. The lowest BCUT2D eigenvalue weighted by atomic mass is 9.91. The van der Waals surface area contributed by atoms with Gasteiger partial charge in [0.1, 0.15) is 5.69 Å². The molecule has 6 heteroatoms. The fourth-order valence-corrected chi connectivity index (χ4v) is 3.22. The monoisotopic (exact) mass is 342 g/mol. The molecule has 2 atom stereocenters. The second kappa shape index (κ2) is 5.99. The zero-order valence-electron chi connectivity index (χ0n) is 11.7. The van der Waals surface area contributed by atoms with Gasteiger partial charge in [-0.1, -0.05) is 0 Å². The SMILES string of the molecule is CCn1cc(Br)cc1C(=O)N1CCC(C(=O)O)CC1C. The normalized spacial score (nSPS) is 22.9. The van der Waals surface area contributed by atoms with Crippen LogP contribution in [0.5, 0.6) is 0 Å². The highest BCUT2D eigenvalue weighted by molar-refractivity contribution is 9.10. The molecule has 1 N–H and O–H groups in total. The first-order valence-corrected chi connectivity index (χ1v) is 7.62. The van der Waals surface area contributed by atoms with Gasteiger partial charge in [0.05, 0.1) is 5.92 Å². The maximum Gasteiger partial charge on any atom is 0.306 e. The van der Waals surface area contributed by atoms with Crippen molar-refractivity contribution in [2.24, 2.45) is 5.92 Å². The van der Waals surface area contributed by atoms with Crippen LogP contribution in [-0.2, 0) is 11.3 Å². The van der Waals surface area contributed by atoms with Crippen LogP contribution in [0.15, 0.2) is 16.7 Å². The van der Waals surface area contributed by atoms with E-state index in [2.05, 4.69) is 15.9 Å². The molecule has 1 fully saturated rings. The Morgan fingerprint density at radius 1 is 1.50 bits per heavy atom. The second-order valence-electron chi connectivity index (χ2n) is 5.24. The van der Waals surface area contributed by atoms with E-state index in [1.54, 1.807) is 4.90 Å². The van der Waals surface area contributed by atoms with Gasteiger partial charge in [-0.25, -0.2) is 0 Å². The van der Waals surface area contributed by atoms with Crippen LogP contribution in [-0.4, -0.2) is 39.0 Å². The number of rotatable bonds is 3. The standard InChI is InChI=1S/C14H19BrN2O3/c1-3-16-8-11(15)7-12(16)13(18)17-5-4-10(14(19)20)6-9(17)2/h7-10H,3-6H2,1-2H3,(H,19,20). The number of likely N-dealkylation sites (tertiary alicyclic amines) is 1. The first-order valence-electron chi connectivity index (χ1n) is 6.83. The van der Waals surface area contributed by atoms with Gasteiger partial charge in [-0.05, 0) is 48.7 Å². The van der Waals surface area contributed by atoms with Gasteiger partial charge in [-0.15, -0.1) is 0 Å². The molecule has 0 aromatic carbocycles.